The van der Waals surface area contributed by atoms with Crippen LogP contribution in [0, 0.1) is 0 Å². The molecule has 2 aromatic rings. The molecule has 0 radical (unpaired) electrons. The Bertz CT molecular complexity index is 990. The van der Waals surface area contributed by atoms with Gasteiger partial charge in [-0.1, -0.05) is 38.5 Å². The zero-order valence-electron chi connectivity index (χ0n) is 22.3. The molecular formula is C29H43N3O3S2. The predicted octanol–water partition coefficient (Wildman–Crippen LogP) is 6.54. The number of carbonyl (C=O) groups excluding carboxylic acids is 1. The minimum absolute atomic E-state index is 0.105. The topological polar surface area (TPSA) is 73.3 Å². The van der Waals surface area contributed by atoms with Crippen molar-refractivity contribution in [2.24, 2.45) is 0 Å². The summed E-state index contributed by atoms with van der Waals surface area (Å²) in [6.07, 6.45) is 13.6. The molecule has 1 N–H and O–H groups in total. The van der Waals surface area contributed by atoms with Gasteiger partial charge in [0.1, 0.15) is 0 Å². The lowest BCUT2D eigenvalue weighted by atomic mass is 10.0. The third-order valence-corrected chi connectivity index (χ3v) is 9.98. The van der Waals surface area contributed by atoms with E-state index in [1.807, 2.05) is 25.1 Å². The summed E-state index contributed by atoms with van der Waals surface area (Å²) in [6, 6.07) is 5.68. The fourth-order valence-electron chi connectivity index (χ4n) is 5.04. The van der Waals surface area contributed by atoms with E-state index in [4.69, 9.17) is 19.4 Å². The number of carbonyl (C=O) groups is 1. The minimum atomic E-state index is -0.105. The average Bonchev–Trinajstić information content (AvgIpc) is 2.91. The van der Waals surface area contributed by atoms with E-state index in [1.165, 1.54) is 64.2 Å². The maximum atomic E-state index is 12.7. The number of amides is 1. The Morgan fingerprint density at radius 3 is 2.14 bits per heavy atom. The van der Waals surface area contributed by atoms with Crippen molar-refractivity contribution in [1.29, 1.82) is 0 Å². The lowest BCUT2D eigenvalue weighted by molar-refractivity contribution is 0.0531. The zero-order valence-corrected chi connectivity index (χ0v) is 24.0. The highest BCUT2D eigenvalue weighted by molar-refractivity contribution is 7.99. The Morgan fingerprint density at radius 1 is 0.838 bits per heavy atom. The van der Waals surface area contributed by atoms with Gasteiger partial charge in [0.25, 0.3) is 5.91 Å². The summed E-state index contributed by atoms with van der Waals surface area (Å²) in [5.74, 6) is 1.73. The van der Waals surface area contributed by atoms with Crippen LogP contribution in [0.2, 0.25) is 0 Å². The van der Waals surface area contributed by atoms with E-state index < -0.39 is 0 Å². The fraction of sp³-hybridized carbons (Fsp3) is 0.690. The molecule has 1 amide bonds. The number of benzene rings is 1. The Hall–Kier alpha value is -1.35. The molecule has 1 saturated carbocycles. The largest absolute Gasteiger partial charge is 0.379 e. The Balaban J connectivity index is 1.43. The van der Waals surface area contributed by atoms with Gasteiger partial charge in [-0.15, -0.1) is 0 Å². The maximum Gasteiger partial charge on any atom is 0.251 e. The quantitative estimate of drug-likeness (QED) is 0.377. The second-order valence-electron chi connectivity index (χ2n) is 10.0. The van der Waals surface area contributed by atoms with Gasteiger partial charge in [-0.3, -0.25) is 4.79 Å². The van der Waals surface area contributed by atoms with Crippen LogP contribution in [0.4, 0.5) is 0 Å². The van der Waals surface area contributed by atoms with Crippen molar-refractivity contribution < 1.29 is 14.3 Å². The van der Waals surface area contributed by atoms with Crippen molar-refractivity contribution in [1.82, 2.24) is 15.3 Å². The van der Waals surface area contributed by atoms with Gasteiger partial charge in [0.05, 0.1) is 42.2 Å². The molecule has 37 heavy (non-hydrogen) atoms. The second kappa shape index (κ2) is 15.9. The van der Waals surface area contributed by atoms with Gasteiger partial charge in [-0.05, 0) is 50.8 Å². The van der Waals surface area contributed by atoms with Crippen molar-refractivity contribution in [3.63, 3.8) is 0 Å². The van der Waals surface area contributed by atoms with E-state index in [2.05, 4.69) is 28.8 Å². The molecular weight excluding hydrogens is 502 g/mol. The van der Waals surface area contributed by atoms with Crippen LogP contribution < -0.4 is 5.32 Å². The molecule has 1 aromatic heterocycles. The van der Waals surface area contributed by atoms with Crippen molar-refractivity contribution in [2.45, 2.75) is 93.1 Å². The molecule has 0 saturated heterocycles. The van der Waals surface area contributed by atoms with E-state index >= 15 is 0 Å². The van der Waals surface area contributed by atoms with E-state index in [0.29, 0.717) is 43.8 Å². The molecule has 1 aliphatic carbocycles. The van der Waals surface area contributed by atoms with Gasteiger partial charge in [-0.2, -0.15) is 23.5 Å². The number of aromatic nitrogens is 2. The normalized spacial score (nSPS) is 21.5. The number of thioether (sulfide) groups is 2. The van der Waals surface area contributed by atoms with Gasteiger partial charge >= 0.3 is 0 Å². The first kappa shape index (κ1) is 28.7. The average molecular weight is 546 g/mol. The summed E-state index contributed by atoms with van der Waals surface area (Å²) in [4.78, 5) is 22.8. The van der Waals surface area contributed by atoms with E-state index in [9.17, 15) is 4.79 Å². The molecule has 1 aliphatic heterocycles. The van der Waals surface area contributed by atoms with Crippen molar-refractivity contribution in [3.05, 3.63) is 35.2 Å². The lowest BCUT2D eigenvalue weighted by Crippen LogP contribution is -2.27. The van der Waals surface area contributed by atoms with E-state index in [0.717, 1.165) is 39.2 Å². The smallest absolute Gasteiger partial charge is 0.251 e. The number of nitrogens with zero attached hydrogens (tertiary/aromatic N) is 2. The first-order chi connectivity index (χ1) is 18.2. The zero-order chi connectivity index (χ0) is 25.7. The Morgan fingerprint density at radius 2 is 1.46 bits per heavy atom. The Kier molecular flexibility index (Phi) is 12.3. The van der Waals surface area contributed by atoms with Crippen molar-refractivity contribution in [3.8, 4) is 0 Å². The molecule has 4 rings (SSSR count). The van der Waals surface area contributed by atoms with Crippen molar-refractivity contribution >= 4 is 40.5 Å². The van der Waals surface area contributed by atoms with Gasteiger partial charge in [-0.25, -0.2) is 9.97 Å². The molecule has 204 valence electrons. The third kappa shape index (κ3) is 9.41. The number of ether oxygens (including phenoxy) is 2. The summed E-state index contributed by atoms with van der Waals surface area (Å²) in [5, 5.41) is 4.37. The van der Waals surface area contributed by atoms with Crippen LogP contribution >= 0.6 is 23.5 Å². The minimum Gasteiger partial charge on any atom is -0.379 e. The molecule has 8 heteroatoms. The number of nitrogens with one attached hydrogen (secondary N) is 1. The highest BCUT2D eigenvalue weighted by Gasteiger charge is 2.21. The summed E-state index contributed by atoms with van der Waals surface area (Å²) in [6.45, 7) is 4.71. The first-order valence-electron chi connectivity index (χ1n) is 14.2. The Labute approximate surface area is 230 Å². The number of fused-ring (bicyclic) bond motifs is 5. The lowest BCUT2D eigenvalue weighted by Gasteiger charge is -2.24. The van der Waals surface area contributed by atoms with Crippen LogP contribution in [0.25, 0.3) is 11.0 Å². The molecule has 0 spiro atoms. The van der Waals surface area contributed by atoms with Gasteiger partial charge in [0.2, 0.25) is 0 Å². The van der Waals surface area contributed by atoms with Gasteiger partial charge < -0.3 is 14.8 Å². The van der Waals surface area contributed by atoms with Crippen LogP contribution in [-0.2, 0) is 21.0 Å². The highest BCUT2D eigenvalue weighted by atomic mass is 32.2. The summed E-state index contributed by atoms with van der Waals surface area (Å²) in [7, 11) is 0. The highest BCUT2D eigenvalue weighted by Crippen LogP contribution is 2.35. The monoisotopic (exact) mass is 545 g/mol. The van der Waals surface area contributed by atoms with E-state index in [-0.39, 0.29) is 5.91 Å². The SMILES string of the molecule is CCOCCOCCNC(=O)c1ccc2nc3c(nc2c1)CSC1CCCCCCCCC(CC1)SC3. The van der Waals surface area contributed by atoms with Crippen LogP contribution in [0.1, 0.15) is 92.9 Å². The summed E-state index contributed by atoms with van der Waals surface area (Å²) in [5.41, 5.74) is 4.53. The molecule has 1 aromatic carbocycles. The fourth-order valence-corrected chi connectivity index (χ4v) is 7.56. The third-order valence-electron chi connectivity index (χ3n) is 7.21. The standard InChI is InChI=1S/C29H43N3O3S2/c1-2-34-17-18-35-16-15-30-29(33)22-11-14-25-26(19-22)32-28-21-37-24-10-8-6-4-3-5-7-9-23(12-13-24)36-20-27(28)31-25/h11,14,19,23-24H,2-10,12-13,15-18,20-21H2,1H3,(H,30,33). The number of rotatable bonds is 8. The van der Waals surface area contributed by atoms with E-state index in [1.54, 1.807) is 0 Å². The number of hydrogen-bond donors (Lipinski definition) is 1. The first-order valence-corrected chi connectivity index (χ1v) is 16.3. The molecule has 2 unspecified atom stereocenters. The van der Waals surface area contributed by atoms with Gasteiger partial charge in [0, 0.05) is 40.7 Å². The predicted molar refractivity (Wildman–Crippen MR) is 156 cm³/mol. The van der Waals surface area contributed by atoms with Crippen LogP contribution in [0.5, 0.6) is 0 Å². The summed E-state index contributed by atoms with van der Waals surface area (Å²) >= 11 is 4.17. The van der Waals surface area contributed by atoms with Crippen molar-refractivity contribution in [2.75, 3.05) is 33.0 Å². The second-order valence-corrected chi connectivity index (χ2v) is 12.6. The molecule has 2 atom stereocenters. The van der Waals surface area contributed by atoms with Crippen LogP contribution in [-0.4, -0.2) is 59.3 Å². The number of hydrogen-bond acceptors (Lipinski definition) is 7. The van der Waals surface area contributed by atoms with Crippen LogP contribution in [0.15, 0.2) is 18.2 Å². The molecule has 6 nitrogen and oxygen atoms in total. The molecule has 2 heterocycles. The molecule has 2 aliphatic rings. The maximum absolute atomic E-state index is 12.7. The van der Waals surface area contributed by atoms with Crippen LogP contribution in [0.3, 0.4) is 0 Å². The molecule has 2 bridgehead atoms. The molecule has 1 fully saturated rings. The summed E-state index contributed by atoms with van der Waals surface area (Å²) < 4.78 is 10.8. The van der Waals surface area contributed by atoms with Gasteiger partial charge in [0.15, 0.2) is 0 Å².